The Morgan fingerprint density at radius 1 is 1.42 bits per heavy atom. The zero-order valence-electron chi connectivity index (χ0n) is 11.6. The molecule has 0 saturated carbocycles. The summed E-state index contributed by atoms with van der Waals surface area (Å²) in [7, 11) is 0. The smallest absolute Gasteiger partial charge is 0.239 e. The lowest BCUT2D eigenvalue weighted by atomic mass is 10.1. The van der Waals surface area contributed by atoms with Crippen LogP contribution in [-0.4, -0.2) is 29.9 Å². The van der Waals surface area contributed by atoms with Crippen LogP contribution in [0, 0.1) is 12.7 Å². The molecule has 1 fully saturated rings. The summed E-state index contributed by atoms with van der Waals surface area (Å²) in [5, 5.41) is 3.16. The summed E-state index contributed by atoms with van der Waals surface area (Å²) in [6, 6.07) is 4.95. The first-order chi connectivity index (χ1) is 9.08. The summed E-state index contributed by atoms with van der Waals surface area (Å²) in [5.41, 5.74) is 1.51. The summed E-state index contributed by atoms with van der Waals surface area (Å²) < 4.78 is 13.4. The van der Waals surface area contributed by atoms with Gasteiger partial charge < -0.3 is 10.2 Å². The minimum absolute atomic E-state index is 0.144. The Hall–Kier alpha value is -1.42. The Morgan fingerprint density at radius 3 is 2.74 bits per heavy atom. The maximum atomic E-state index is 13.4. The third kappa shape index (κ3) is 3.53. The van der Waals surface area contributed by atoms with Crippen molar-refractivity contribution in [1.82, 2.24) is 10.2 Å². The van der Waals surface area contributed by atoms with Crippen molar-refractivity contribution >= 4 is 5.91 Å². The fraction of sp³-hybridized carbons (Fsp3) is 0.533. The first kappa shape index (κ1) is 14.0. The summed E-state index contributed by atoms with van der Waals surface area (Å²) in [6.07, 6.45) is 2.20. The molecule has 0 aliphatic carbocycles. The Labute approximate surface area is 113 Å². The number of nitrogens with one attached hydrogen (secondary N) is 1. The number of aryl methyl sites for hydroxylation is 1. The number of carbonyl (C=O) groups is 1. The second-order valence-electron chi connectivity index (χ2n) is 5.22. The third-order valence-electron chi connectivity index (χ3n) is 3.64. The summed E-state index contributed by atoms with van der Waals surface area (Å²) >= 11 is 0. The fourth-order valence-corrected chi connectivity index (χ4v) is 2.32. The van der Waals surface area contributed by atoms with E-state index in [9.17, 15) is 9.18 Å². The van der Waals surface area contributed by atoms with Gasteiger partial charge in [-0.15, -0.1) is 0 Å². The summed E-state index contributed by atoms with van der Waals surface area (Å²) in [6.45, 7) is 5.85. The van der Waals surface area contributed by atoms with Gasteiger partial charge in [0.25, 0.3) is 0 Å². The van der Waals surface area contributed by atoms with E-state index >= 15 is 0 Å². The minimum Gasteiger partial charge on any atom is -0.341 e. The number of hydrogen-bond acceptors (Lipinski definition) is 2. The molecule has 1 amide bonds. The van der Waals surface area contributed by atoms with E-state index in [1.165, 1.54) is 6.07 Å². The van der Waals surface area contributed by atoms with Gasteiger partial charge in [0.05, 0.1) is 6.04 Å². The van der Waals surface area contributed by atoms with Gasteiger partial charge in [0.1, 0.15) is 5.82 Å². The molecular formula is C15H21FN2O. The predicted octanol–water partition coefficient (Wildman–Crippen LogP) is 2.23. The van der Waals surface area contributed by atoms with E-state index in [0.29, 0.717) is 12.1 Å². The van der Waals surface area contributed by atoms with E-state index < -0.39 is 0 Å². The first-order valence-electron chi connectivity index (χ1n) is 6.85. The molecule has 1 atom stereocenters. The number of carbonyl (C=O) groups excluding carboxylic acids is 1. The van der Waals surface area contributed by atoms with Gasteiger partial charge in [-0.1, -0.05) is 12.1 Å². The van der Waals surface area contributed by atoms with Crippen molar-refractivity contribution in [2.45, 2.75) is 39.3 Å². The van der Waals surface area contributed by atoms with Gasteiger partial charge >= 0.3 is 0 Å². The average Bonchev–Trinajstić information content (AvgIpc) is 2.93. The number of likely N-dealkylation sites (tertiary alicyclic amines) is 1. The molecule has 1 heterocycles. The van der Waals surface area contributed by atoms with E-state index in [1.54, 1.807) is 13.0 Å². The Balaban J connectivity index is 1.87. The van der Waals surface area contributed by atoms with Crippen LogP contribution in [0.3, 0.4) is 0 Å². The monoisotopic (exact) mass is 264 g/mol. The van der Waals surface area contributed by atoms with E-state index in [1.807, 2.05) is 17.9 Å². The van der Waals surface area contributed by atoms with Crippen molar-refractivity contribution in [3.63, 3.8) is 0 Å². The molecule has 2 rings (SSSR count). The lowest BCUT2D eigenvalue weighted by Crippen LogP contribution is -2.43. The molecule has 3 nitrogen and oxygen atoms in total. The van der Waals surface area contributed by atoms with Gasteiger partial charge in [-0.25, -0.2) is 4.39 Å². The molecule has 1 aromatic carbocycles. The molecule has 1 aliphatic rings. The molecule has 0 bridgehead atoms. The molecule has 1 aliphatic heterocycles. The van der Waals surface area contributed by atoms with E-state index in [2.05, 4.69) is 5.32 Å². The highest BCUT2D eigenvalue weighted by atomic mass is 19.1. The van der Waals surface area contributed by atoms with Crippen LogP contribution in [0.5, 0.6) is 0 Å². The lowest BCUT2D eigenvalue weighted by molar-refractivity contribution is -0.131. The molecule has 0 aromatic heterocycles. The molecule has 1 unspecified atom stereocenters. The normalized spacial score (nSPS) is 16.7. The quantitative estimate of drug-likeness (QED) is 0.904. The zero-order chi connectivity index (χ0) is 13.8. The molecule has 104 valence electrons. The van der Waals surface area contributed by atoms with Crippen molar-refractivity contribution in [3.05, 3.63) is 35.1 Å². The zero-order valence-corrected chi connectivity index (χ0v) is 11.6. The number of halogens is 1. The molecule has 19 heavy (non-hydrogen) atoms. The van der Waals surface area contributed by atoms with Crippen LogP contribution in [0.1, 0.15) is 30.9 Å². The van der Waals surface area contributed by atoms with Gasteiger partial charge in [-0.05, 0) is 43.9 Å². The number of hydrogen-bond donors (Lipinski definition) is 1. The van der Waals surface area contributed by atoms with Crippen LogP contribution in [0.15, 0.2) is 18.2 Å². The van der Waals surface area contributed by atoms with Crippen LogP contribution in [-0.2, 0) is 11.3 Å². The average molecular weight is 264 g/mol. The first-order valence-corrected chi connectivity index (χ1v) is 6.85. The highest BCUT2D eigenvalue weighted by Gasteiger charge is 2.22. The fourth-order valence-electron chi connectivity index (χ4n) is 2.32. The van der Waals surface area contributed by atoms with Gasteiger partial charge in [-0.3, -0.25) is 4.79 Å². The summed E-state index contributed by atoms with van der Waals surface area (Å²) in [4.78, 5) is 14.0. The molecule has 4 heteroatoms. The van der Waals surface area contributed by atoms with Crippen LogP contribution in [0.2, 0.25) is 0 Å². The number of nitrogens with zero attached hydrogens (tertiary/aromatic N) is 1. The second-order valence-corrected chi connectivity index (χ2v) is 5.22. The summed E-state index contributed by atoms with van der Waals surface area (Å²) in [5.74, 6) is -0.0529. The lowest BCUT2D eigenvalue weighted by Gasteiger charge is -2.21. The van der Waals surface area contributed by atoms with Crippen molar-refractivity contribution < 1.29 is 9.18 Å². The molecule has 1 saturated heterocycles. The van der Waals surface area contributed by atoms with Gasteiger partial charge in [0, 0.05) is 19.6 Å². The van der Waals surface area contributed by atoms with Crippen LogP contribution in [0.25, 0.3) is 0 Å². The Morgan fingerprint density at radius 2 is 2.11 bits per heavy atom. The number of amides is 1. The largest absolute Gasteiger partial charge is 0.341 e. The molecular weight excluding hydrogens is 243 g/mol. The topological polar surface area (TPSA) is 32.3 Å². The van der Waals surface area contributed by atoms with Crippen molar-refractivity contribution in [3.8, 4) is 0 Å². The maximum absolute atomic E-state index is 13.4. The van der Waals surface area contributed by atoms with Crippen LogP contribution >= 0.6 is 0 Å². The molecule has 0 radical (unpaired) electrons. The van der Waals surface area contributed by atoms with Crippen molar-refractivity contribution in [2.24, 2.45) is 0 Å². The minimum atomic E-state index is -0.220. The van der Waals surface area contributed by atoms with Gasteiger partial charge in [-0.2, -0.15) is 0 Å². The van der Waals surface area contributed by atoms with Gasteiger partial charge in [0.15, 0.2) is 0 Å². The third-order valence-corrected chi connectivity index (χ3v) is 3.64. The van der Waals surface area contributed by atoms with Crippen LogP contribution < -0.4 is 5.32 Å². The number of benzene rings is 1. The maximum Gasteiger partial charge on any atom is 0.239 e. The van der Waals surface area contributed by atoms with E-state index in [-0.39, 0.29) is 17.8 Å². The van der Waals surface area contributed by atoms with Gasteiger partial charge in [0.2, 0.25) is 5.91 Å². The highest BCUT2D eigenvalue weighted by molar-refractivity contribution is 5.81. The van der Waals surface area contributed by atoms with E-state index in [0.717, 1.165) is 31.5 Å². The molecule has 1 aromatic rings. The van der Waals surface area contributed by atoms with Crippen LogP contribution in [0.4, 0.5) is 4.39 Å². The van der Waals surface area contributed by atoms with E-state index in [4.69, 9.17) is 0 Å². The SMILES string of the molecule is Cc1ccc(CNC(C)C(=O)N2CCCC2)cc1F. The number of rotatable bonds is 4. The Bertz CT molecular complexity index is 455. The predicted molar refractivity (Wildman–Crippen MR) is 73.3 cm³/mol. The Kier molecular flexibility index (Phi) is 4.53. The molecule has 0 spiro atoms. The van der Waals surface area contributed by atoms with Crippen molar-refractivity contribution in [2.75, 3.05) is 13.1 Å². The second kappa shape index (κ2) is 6.15. The standard InChI is InChI=1S/C15H21FN2O/c1-11-5-6-13(9-14(11)16)10-17-12(2)15(19)18-7-3-4-8-18/h5-6,9,12,17H,3-4,7-8,10H2,1-2H3. The van der Waals surface area contributed by atoms with Crippen molar-refractivity contribution in [1.29, 1.82) is 0 Å². The molecule has 1 N–H and O–H groups in total. The highest BCUT2D eigenvalue weighted by Crippen LogP contribution is 2.11.